The van der Waals surface area contributed by atoms with E-state index in [0.29, 0.717) is 18.6 Å². The molecule has 2 bridgehead atoms. The van der Waals surface area contributed by atoms with E-state index in [1.165, 1.54) is 18.4 Å². The van der Waals surface area contributed by atoms with Crippen molar-refractivity contribution in [1.29, 1.82) is 0 Å². The second-order valence-electron chi connectivity index (χ2n) is 10.9. The summed E-state index contributed by atoms with van der Waals surface area (Å²) < 4.78 is 6.50. The number of piperidine rings is 1. The first-order valence-corrected chi connectivity index (χ1v) is 12.4. The van der Waals surface area contributed by atoms with Gasteiger partial charge in [-0.1, -0.05) is 6.07 Å². The zero-order valence-corrected chi connectivity index (χ0v) is 19.9. The molecule has 1 amide bonds. The average molecular weight is 486 g/mol. The molecule has 5 aliphatic rings. The van der Waals surface area contributed by atoms with E-state index in [1.807, 2.05) is 24.4 Å². The Morgan fingerprint density at radius 1 is 1.24 bits per heavy atom. The third-order valence-corrected chi connectivity index (χ3v) is 9.12. The standard InChI is InChI=1S/C26H31N3O4.ClH/c30-19-6-5-16-12-20-26(32)8-7-18(28-21(31)13-17-2-1-10-27-17)24-25(26,22(16)23(19)33-24)9-11-29(20)14-15-3-4-15;/h1-2,5-6,10,15,18,20,24,27,30,32H,3-4,7-9,11-14H2,(H,28,31);1H/t18-,20+,24-,25-,26+;/m0./s1. The van der Waals surface area contributed by atoms with Crippen LogP contribution in [-0.4, -0.2) is 62.9 Å². The molecule has 2 saturated carbocycles. The van der Waals surface area contributed by atoms with Crippen LogP contribution in [0.15, 0.2) is 30.5 Å². The van der Waals surface area contributed by atoms with Crippen LogP contribution in [0.4, 0.5) is 0 Å². The summed E-state index contributed by atoms with van der Waals surface area (Å²) in [5.74, 6) is 1.37. The molecular weight excluding hydrogens is 454 g/mol. The number of H-pyrrole nitrogens is 1. The second kappa shape index (κ2) is 7.64. The molecule has 182 valence electrons. The summed E-state index contributed by atoms with van der Waals surface area (Å²) in [7, 11) is 0. The summed E-state index contributed by atoms with van der Waals surface area (Å²) in [4.78, 5) is 18.5. The summed E-state index contributed by atoms with van der Waals surface area (Å²) in [5, 5.41) is 26.4. The van der Waals surface area contributed by atoms with Gasteiger partial charge in [0, 0.05) is 30.0 Å². The number of hydrogen-bond acceptors (Lipinski definition) is 5. The molecule has 1 saturated heterocycles. The molecule has 1 aromatic carbocycles. The van der Waals surface area contributed by atoms with E-state index < -0.39 is 11.0 Å². The maximum Gasteiger partial charge on any atom is 0.226 e. The van der Waals surface area contributed by atoms with Crippen molar-refractivity contribution in [3.63, 3.8) is 0 Å². The highest BCUT2D eigenvalue weighted by Gasteiger charge is 2.73. The Morgan fingerprint density at radius 2 is 2.09 bits per heavy atom. The predicted octanol–water partition coefficient (Wildman–Crippen LogP) is 2.43. The molecule has 3 fully saturated rings. The van der Waals surface area contributed by atoms with E-state index >= 15 is 0 Å². The van der Waals surface area contributed by atoms with Gasteiger partial charge in [0.2, 0.25) is 5.91 Å². The van der Waals surface area contributed by atoms with E-state index in [1.54, 1.807) is 6.07 Å². The largest absolute Gasteiger partial charge is 0.504 e. The Labute approximate surface area is 205 Å². The van der Waals surface area contributed by atoms with Gasteiger partial charge in [0.1, 0.15) is 6.10 Å². The molecule has 0 unspecified atom stereocenters. The number of phenolic OH excluding ortho intramolecular Hbond substituents is 1. The normalized spacial score (nSPS) is 35.1. The molecule has 8 heteroatoms. The van der Waals surface area contributed by atoms with Crippen LogP contribution in [0.2, 0.25) is 0 Å². The van der Waals surface area contributed by atoms with Crippen LogP contribution in [0.3, 0.4) is 0 Å². The highest BCUT2D eigenvalue weighted by atomic mass is 35.5. The number of aromatic hydroxyl groups is 1. The van der Waals surface area contributed by atoms with Gasteiger partial charge >= 0.3 is 0 Å². The number of aromatic amines is 1. The van der Waals surface area contributed by atoms with Gasteiger partial charge in [-0.15, -0.1) is 12.4 Å². The first kappa shape index (κ1) is 22.3. The van der Waals surface area contributed by atoms with Crippen LogP contribution in [0, 0.1) is 5.92 Å². The lowest BCUT2D eigenvalue weighted by Gasteiger charge is -2.64. The number of amides is 1. The van der Waals surface area contributed by atoms with Gasteiger partial charge in [0.05, 0.1) is 23.5 Å². The van der Waals surface area contributed by atoms with Gasteiger partial charge in [-0.25, -0.2) is 0 Å². The van der Waals surface area contributed by atoms with Crippen molar-refractivity contribution < 1.29 is 19.7 Å². The minimum Gasteiger partial charge on any atom is -0.504 e. The summed E-state index contributed by atoms with van der Waals surface area (Å²) in [5.41, 5.74) is 1.54. The number of aliphatic hydroxyl groups is 1. The summed E-state index contributed by atoms with van der Waals surface area (Å²) >= 11 is 0. The van der Waals surface area contributed by atoms with Crippen molar-refractivity contribution in [2.75, 3.05) is 13.1 Å². The topological polar surface area (TPSA) is 97.8 Å². The Balaban J connectivity index is 0.00000217. The highest BCUT2D eigenvalue weighted by Crippen LogP contribution is 2.65. The molecule has 34 heavy (non-hydrogen) atoms. The van der Waals surface area contributed by atoms with Crippen LogP contribution in [0.25, 0.3) is 0 Å². The number of aromatic nitrogens is 1. The predicted molar refractivity (Wildman–Crippen MR) is 128 cm³/mol. The minimum atomic E-state index is -0.919. The number of phenols is 1. The number of carbonyl (C=O) groups excluding carboxylic acids is 1. The van der Waals surface area contributed by atoms with Crippen LogP contribution in [0.5, 0.6) is 11.5 Å². The summed E-state index contributed by atoms with van der Waals surface area (Å²) in [6, 6.07) is 7.39. The highest BCUT2D eigenvalue weighted by molar-refractivity contribution is 5.85. The average Bonchev–Trinajstić information content (AvgIpc) is 3.31. The number of benzene rings is 1. The molecule has 2 aromatic rings. The maximum atomic E-state index is 12.9. The zero-order chi connectivity index (χ0) is 22.4. The lowest BCUT2D eigenvalue weighted by Crippen LogP contribution is -2.78. The summed E-state index contributed by atoms with van der Waals surface area (Å²) in [6.07, 6.45) is 7.17. The molecule has 7 nitrogen and oxygen atoms in total. The number of rotatable bonds is 5. The smallest absolute Gasteiger partial charge is 0.226 e. The molecular formula is C26H32ClN3O4. The fourth-order valence-electron chi connectivity index (χ4n) is 7.54. The van der Waals surface area contributed by atoms with Gasteiger partial charge in [-0.2, -0.15) is 0 Å². The molecule has 4 N–H and O–H groups in total. The van der Waals surface area contributed by atoms with Gasteiger partial charge in [0.25, 0.3) is 0 Å². The van der Waals surface area contributed by atoms with Crippen molar-refractivity contribution in [2.45, 2.75) is 74.1 Å². The van der Waals surface area contributed by atoms with Gasteiger partial charge < -0.3 is 25.3 Å². The Bertz CT molecular complexity index is 1120. The van der Waals surface area contributed by atoms with E-state index in [9.17, 15) is 15.0 Å². The van der Waals surface area contributed by atoms with Gasteiger partial charge in [-0.3, -0.25) is 9.69 Å². The van der Waals surface area contributed by atoms with Crippen LogP contribution < -0.4 is 10.1 Å². The number of nitrogens with zero attached hydrogens (tertiary/aromatic N) is 1. The molecule has 3 heterocycles. The first-order chi connectivity index (χ1) is 16.0. The van der Waals surface area contributed by atoms with Crippen molar-refractivity contribution in [1.82, 2.24) is 15.2 Å². The molecule has 3 aliphatic carbocycles. The minimum absolute atomic E-state index is 0. The van der Waals surface area contributed by atoms with Crippen molar-refractivity contribution >= 4 is 18.3 Å². The van der Waals surface area contributed by atoms with E-state index in [2.05, 4.69) is 15.2 Å². The SMILES string of the molecule is Cl.O=C(Cc1ccc[nH]1)N[C@H]1CC[C@@]2(O)[C@H]3Cc4ccc(O)c5c4[C@@]2(CCN3CC2CC2)[C@H]1O5. The number of likely N-dealkylation sites (tertiary alicyclic amines) is 1. The molecule has 5 atom stereocenters. The number of ether oxygens (including phenoxy) is 1. The van der Waals surface area contributed by atoms with E-state index in [4.69, 9.17) is 4.74 Å². The number of nitrogens with one attached hydrogen (secondary N) is 2. The van der Waals surface area contributed by atoms with Crippen LogP contribution in [0.1, 0.15) is 48.9 Å². The Kier molecular flexibility index (Phi) is 5.00. The fraction of sp³-hybridized carbons (Fsp3) is 0.577. The molecule has 2 aliphatic heterocycles. The maximum absolute atomic E-state index is 12.9. The fourth-order valence-corrected chi connectivity index (χ4v) is 7.54. The van der Waals surface area contributed by atoms with Crippen molar-refractivity contribution in [2.24, 2.45) is 5.92 Å². The molecule has 7 rings (SSSR count). The molecule has 1 aromatic heterocycles. The first-order valence-electron chi connectivity index (χ1n) is 12.4. The van der Waals surface area contributed by atoms with Crippen molar-refractivity contribution in [3.8, 4) is 11.5 Å². The Hall–Kier alpha value is -2.22. The van der Waals surface area contributed by atoms with E-state index in [0.717, 1.165) is 43.1 Å². The monoisotopic (exact) mass is 485 g/mol. The number of carbonyl (C=O) groups is 1. The summed E-state index contributed by atoms with van der Waals surface area (Å²) in [6.45, 7) is 1.98. The van der Waals surface area contributed by atoms with Gasteiger partial charge in [0.15, 0.2) is 11.5 Å². The molecule has 0 radical (unpaired) electrons. The third kappa shape index (κ3) is 2.93. The zero-order valence-electron chi connectivity index (χ0n) is 19.1. The second-order valence-corrected chi connectivity index (χ2v) is 10.9. The lowest BCUT2D eigenvalue weighted by molar-refractivity contribution is -0.192. The molecule has 1 spiro atoms. The number of hydrogen-bond donors (Lipinski definition) is 4. The third-order valence-electron chi connectivity index (χ3n) is 9.12. The van der Waals surface area contributed by atoms with Gasteiger partial charge in [-0.05, 0) is 74.8 Å². The van der Waals surface area contributed by atoms with Crippen LogP contribution in [-0.2, 0) is 23.1 Å². The lowest BCUT2D eigenvalue weighted by atomic mass is 9.48. The van der Waals surface area contributed by atoms with Crippen LogP contribution >= 0.6 is 12.4 Å². The van der Waals surface area contributed by atoms with E-state index in [-0.39, 0.29) is 48.7 Å². The van der Waals surface area contributed by atoms with Crippen molar-refractivity contribution in [3.05, 3.63) is 47.3 Å². The number of halogens is 1. The Morgan fingerprint density at radius 3 is 2.85 bits per heavy atom. The quantitative estimate of drug-likeness (QED) is 0.521.